The molecular formula is C23H30N2O5S. The lowest BCUT2D eigenvalue weighted by molar-refractivity contribution is -0.150. The van der Waals surface area contributed by atoms with Gasteiger partial charge < -0.3 is 10.1 Å². The summed E-state index contributed by atoms with van der Waals surface area (Å²) in [6.07, 6.45) is 0.785. The zero-order valence-electron chi connectivity index (χ0n) is 18.6. The van der Waals surface area contributed by atoms with Crippen LogP contribution in [0.1, 0.15) is 37.3 Å². The second kappa shape index (κ2) is 10.5. The second-order valence-electron chi connectivity index (χ2n) is 7.70. The van der Waals surface area contributed by atoms with Crippen molar-refractivity contribution < 1.29 is 22.7 Å². The molecule has 0 aliphatic carbocycles. The summed E-state index contributed by atoms with van der Waals surface area (Å²) in [7, 11) is -0.761. The van der Waals surface area contributed by atoms with Gasteiger partial charge in [-0.1, -0.05) is 56.7 Å². The summed E-state index contributed by atoms with van der Waals surface area (Å²) in [6.45, 7) is 5.19. The number of benzene rings is 2. The number of anilines is 1. The summed E-state index contributed by atoms with van der Waals surface area (Å²) in [5, 5.41) is 2.60. The van der Waals surface area contributed by atoms with Gasteiger partial charge in [0.05, 0.1) is 10.8 Å². The van der Waals surface area contributed by atoms with Gasteiger partial charge in [0.25, 0.3) is 5.91 Å². The van der Waals surface area contributed by atoms with Crippen LogP contribution in [0.25, 0.3) is 0 Å². The summed E-state index contributed by atoms with van der Waals surface area (Å²) < 4.78 is 31.3. The Kier molecular flexibility index (Phi) is 8.36. The molecule has 2 atom stereocenters. The highest BCUT2D eigenvalue weighted by molar-refractivity contribution is 7.89. The van der Waals surface area contributed by atoms with Crippen LogP contribution in [0.4, 0.5) is 5.69 Å². The number of aryl methyl sites for hydroxylation is 1. The monoisotopic (exact) mass is 446 g/mol. The van der Waals surface area contributed by atoms with E-state index >= 15 is 0 Å². The highest BCUT2D eigenvalue weighted by Crippen LogP contribution is 2.28. The number of rotatable bonds is 9. The summed E-state index contributed by atoms with van der Waals surface area (Å²) in [4.78, 5) is 25.2. The number of esters is 1. The SMILES string of the molecule is CCC(C)C(C(=O)OCC(=O)Nc1ccc(C)c(S(=O)(=O)N(C)C)c1)c1ccccc1. The van der Waals surface area contributed by atoms with Crippen molar-refractivity contribution in [3.8, 4) is 0 Å². The first kappa shape index (κ1) is 24.6. The van der Waals surface area contributed by atoms with Crippen molar-refractivity contribution in [2.75, 3.05) is 26.0 Å². The van der Waals surface area contributed by atoms with Gasteiger partial charge in [0, 0.05) is 19.8 Å². The smallest absolute Gasteiger partial charge is 0.314 e. The number of nitrogens with zero attached hydrogens (tertiary/aromatic N) is 1. The fraction of sp³-hybridized carbons (Fsp3) is 0.391. The van der Waals surface area contributed by atoms with Crippen LogP contribution in [0.3, 0.4) is 0 Å². The van der Waals surface area contributed by atoms with Crippen LogP contribution in [-0.2, 0) is 24.3 Å². The van der Waals surface area contributed by atoms with Crippen LogP contribution in [0, 0.1) is 12.8 Å². The van der Waals surface area contributed by atoms with Crippen LogP contribution in [-0.4, -0.2) is 45.3 Å². The number of ether oxygens (including phenoxy) is 1. The van der Waals surface area contributed by atoms with Crippen LogP contribution in [0.15, 0.2) is 53.4 Å². The Morgan fingerprint density at radius 2 is 1.74 bits per heavy atom. The molecule has 0 aromatic heterocycles. The Bertz CT molecular complexity index is 1020. The van der Waals surface area contributed by atoms with Crippen LogP contribution < -0.4 is 5.32 Å². The minimum Gasteiger partial charge on any atom is -0.455 e. The van der Waals surface area contributed by atoms with Gasteiger partial charge in [0.1, 0.15) is 0 Å². The molecule has 0 aliphatic rings. The molecule has 168 valence electrons. The molecule has 31 heavy (non-hydrogen) atoms. The minimum atomic E-state index is -3.65. The standard InChI is InChI=1S/C23H30N2O5S/c1-6-16(2)22(18-10-8-7-9-11-18)23(27)30-15-21(26)24-19-13-12-17(3)20(14-19)31(28,29)25(4)5/h7-14,16,22H,6,15H2,1-5H3,(H,24,26). The van der Waals surface area contributed by atoms with Crippen molar-refractivity contribution in [1.29, 1.82) is 0 Å². The molecule has 0 heterocycles. The minimum absolute atomic E-state index is 0.0499. The van der Waals surface area contributed by atoms with E-state index in [1.807, 2.05) is 44.2 Å². The first-order valence-corrected chi connectivity index (χ1v) is 11.6. The Balaban J connectivity index is 2.08. The van der Waals surface area contributed by atoms with Crippen LogP contribution >= 0.6 is 0 Å². The van der Waals surface area contributed by atoms with E-state index in [1.54, 1.807) is 19.1 Å². The molecule has 0 saturated heterocycles. The lowest BCUT2D eigenvalue weighted by Crippen LogP contribution is -2.27. The van der Waals surface area contributed by atoms with Crippen LogP contribution in [0.5, 0.6) is 0 Å². The van der Waals surface area contributed by atoms with E-state index in [2.05, 4.69) is 5.32 Å². The van der Waals surface area contributed by atoms with Crippen LogP contribution in [0.2, 0.25) is 0 Å². The predicted octanol–water partition coefficient (Wildman–Crippen LogP) is 3.56. The maximum Gasteiger partial charge on any atom is 0.314 e. The molecule has 0 aliphatic heterocycles. The number of amides is 1. The number of carbonyl (C=O) groups excluding carboxylic acids is 2. The number of nitrogens with one attached hydrogen (secondary N) is 1. The second-order valence-corrected chi connectivity index (χ2v) is 9.82. The topological polar surface area (TPSA) is 92.8 Å². The highest BCUT2D eigenvalue weighted by atomic mass is 32.2. The first-order valence-electron chi connectivity index (χ1n) is 10.1. The van der Waals surface area contributed by atoms with Gasteiger partial charge in [-0.2, -0.15) is 0 Å². The van der Waals surface area contributed by atoms with Gasteiger partial charge >= 0.3 is 5.97 Å². The fourth-order valence-corrected chi connectivity index (χ4v) is 4.31. The third kappa shape index (κ3) is 6.15. The Hall–Kier alpha value is -2.71. The molecule has 1 N–H and O–H groups in total. The average molecular weight is 447 g/mol. The molecule has 0 spiro atoms. The zero-order valence-corrected chi connectivity index (χ0v) is 19.4. The normalized spacial score (nSPS) is 13.5. The lowest BCUT2D eigenvalue weighted by Gasteiger charge is -2.21. The lowest BCUT2D eigenvalue weighted by atomic mass is 9.86. The van der Waals surface area contributed by atoms with E-state index in [1.165, 1.54) is 20.2 Å². The summed E-state index contributed by atoms with van der Waals surface area (Å²) >= 11 is 0. The van der Waals surface area contributed by atoms with E-state index in [4.69, 9.17) is 4.74 Å². The third-order valence-corrected chi connectivity index (χ3v) is 7.16. The number of sulfonamides is 1. The zero-order chi connectivity index (χ0) is 23.2. The van der Waals surface area contributed by atoms with Gasteiger partial charge in [0.2, 0.25) is 10.0 Å². The Labute approximate surface area is 184 Å². The third-order valence-electron chi connectivity index (χ3n) is 5.20. The van der Waals surface area contributed by atoms with E-state index < -0.39 is 34.4 Å². The van der Waals surface area contributed by atoms with Crippen molar-refractivity contribution in [2.24, 2.45) is 5.92 Å². The maximum absolute atomic E-state index is 12.7. The van der Waals surface area contributed by atoms with Gasteiger partial charge in [-0.25, -0.2) is 12.7 Å². The maximum atomic E-state index is 12.7. The van der Waals surface area contributed by atoms with E-state index in [0.29, 0.717) is 11.3 Å². The molecule has 0 bridgehead atoms. The summed E-state index contributed by atoms with van der Waals surface area (Å²) in [6, 6.07) is 14.0. The van der Waals surface area contributed by atoms with Gasteiger partial charge in [-0.15, -0.1) is 0 Å². The van der Waals surface area contributed by atoms with Gasteiger partial charge in [-0.05, 0) is 36.1 Å². The molecule has 2 aromatic carbocycles. The van der Waals surface area contributed by atoms with Crippen molar-refractivity contribution in [3.05, 3.63) is 59.7 Å². The number of hydrogen-bond acceptors (Lipinski definition) is 5. The van der Waals surface area contributed by atoms with Crippen molar-refractivity contribution >= 4 is 27.6 Å². The Morgan fingerprint density at radius 3 is 2.32 bits per heavy atom. The van der Waals surface area contributed by atoms with Gasteiger partial charge in [-0.3, -0.25) is 9.59 Å². The number of carbonyl (C=O) groups is 2. The molecule has 2 aromatic rings. The van der Waals surface area contributed by atoms with Crippen molar-refractivity contribution in [2.45, 2.75) is 38.0 Å². The van der Waals surface area contributed by atoms with E-state index in [9.17, 15) is 18.0 Å². The average Bonchev–Trinajstić information content (AvgIpc) is 2.74. The van der Waals surface area contributed by atoms with Gasteiger partial charge in [0.15, 0.2) is 6.61 Å². The first-order chi connectivity index (χ1) is 14.6. The molecule has 2 rings (SSSR count). The molecular weight excluding hydrogens is 416 g/mol. The molecule has 7 nitrogen and oxygen atoms in total. The molecule has 8 heteroatoms. The van der Waals surface area contributed by atoms with E-state index in [0.717, 1.165) is 16.3 Å². The molecule has 0 radical (unpaired) electrons. The molecule has 2 unspecified atom stereocenters. The van der Waals surface area contributed by atoms with Crippen molar-refractivity contribution in [3.63, 3.8) is 0 Å². The molecule has 0 saturated carbocycles. The summed E-state index contributed by atoms with van der Waals surface area (Å²) in [5.41, 5.74) is 1.73. The number of hydrogen-bond donors (Lipinski definition) is 1. The quantitative estimate of drug-likeness (QED) is 0.595. The largest absolute Gasteiger partial charge is 0.455 e. The fourth-order valence-electron chi connectivity index (χ4n) is 3.17. The highest BCUT2D eigenvalue weighted by Gasteiger charge is 2.28. The predicted molar refractivity (Wildman–Crippen MR) is 120 cm³/mol. The van der Waals surface area contributed by atoms with Crippen molar-refractivity contribution in [1.82, 2.24) is 4.31 Å². The molecule has 0 fully saturated rings. The van der Waals surface area contributed by atoms with E-state index in [-0.39, 0.29) is 10.8 Å². The summed E-state index contributed by atoms with van der Waals surface area (Å²) in [5.74, 6) is -1.42. The molecule has 1 amide bonds. The Morgan fingerprint density at radius 1 is 1.10 bits per heavy atom.